The summed E-state index contributed by atoms with van der Waals surface area (Å²) in [5, 5.41) is 26.8. The van der Waals surface area contributed by atoms with Crippen LogP contribution in [-0.4, -0.2) is 70.9 Å². The van der Waals surface area contributed by atoms with Gasteiger partial charge in [0.25, 0.3) is 0 Å². The summed E-state index contributed by atoms with van der Waals surface area (Å²) < 4.78 is 32.0. The number of nitrogens with two attached hydrogens (primary N) is 1. The molecule has 2 aromatic carbocycles. The van der Waals surface area contributed by atoms with Crippen LogP contribution in [0.3, 0.4) is 0 Å². The fourth-order valence-electron chi connectivity index (χ4n) is 3.55. The van der Waals surface area contributed by atoms with E-state index in [1.54, 1.807) is 54.8 Å². The molecule has 0 saturated heterocycles. The second kappa shape index (κ2) is 15.8. The van der Waals surface area contributed by atoms with E-state index in [2.05, 4.69) is 10.6 Å². The molecule has 0 aliphatic rings. The minimum absolute atomic E-state index is 0.0133. The fourth-order valence-corrected chi connectivity index (χ4v) is 3.55. The second-order valence-electron chi connectivity index (χ2n) is 9.42. The lowest BCUT2D eigenvalue weighted by atomic mass is 10.0. The van der Waals surface area contributed by atoms with Gasteiger partial charge in [-0.1, -0.05) is 56.3 Å². The number of hydrogen-bond donors (Lipinski definition) is 7. The minimum Gasteiger partial charge on any atom is -0.508 e. The topological polar surface area (TPSA) is 200 Å². The van der Waals surface area contributed by atoms with Gasteiger partial charge in [-0.3, -0.25) is 19.2 Å². The first-order valence-corrected chi connectivity index (χ1v) is 12.5. The number of benzene rings is 2. The fraction of sp³-hybridized carbons (Fsp3) is 0.393. The van der Waals surface area contributed by atoms with Gasteiger partial charge in [0.15, 0.2) is 0 Å². The lowest BCUT2D eigenvalue weighted by Gasteiger charge is -2.22. The highest BCUT2D eigenvalue weighted by molar-refractivity contribution is 5.93. The molecule has 12 heteroatoms. The van der Waals surface area contributed by atoms with Crippen molar-refractivity contribution >= 4 is 29.6 Å². The number of phenols is 1. The normalized spacial score (nSPS) is 15.2. The number of rotatable bonds is 15. The summed E-state index contributed by atoms with van der Waals surface area (Å²) in [6, 6.07) is 9.95. The van der Waals surface area contributed by atoms with Gasteiger partial charge >= 0.3 is 5.97 Å². The number of hydrogen-bond acceptors (Lipinski definition) is 7. The molecule has 0 aliphatic carbocycles. The third-order valence-electron chi connectivity index (χ3n) is 5.54. The van der Waals surface area contributed by atoms with E-state index in [0.29, 0.717) is 11.1 Å². The van der Waals surface area contributed by atoms with Crippen LogP contribution in [0.25, 0.3) is 0 Å². The van der Waals surface area contributed by atoms with Crippen LogP contribution < -0.4 is 27.0 Å². The molecule has 0 bridgehead atoms. The van der Waals surface area contributed by atoms with Gasteiger partial charge in [-0.05, 0) is 42.0 Å². The standard InChI is InChI=1S/C28H37N5O7/c1-17(2)12-23(28(39)40)33-27(38)22(14-18-6-4-3-5-7-18)32-25(36)16-30-24(35)15-31-26(37)21(29)13-19-8-10-20(34)11-9-19/h3-11,17,21-23,34H,12-16,29H2,1-2H3,(H,30,35)(H,31,37)(H,32,36)(H,33,38)(H,39,40)/t21-,22-,23-/m0/s1/i15D2,16D2. The summed E-state index contributed by atoms with van der Waals surface area (Å²) in [6.07, 6.45) is -0.145. The number of carboxylic acid groups (broad SMARTS) is 1. The molecule has 0 radical (unpaired) electrons. The van der Waals surface area contributed by atoms with Crippen LogP contribution >= 0.6 is 0 Å². The summed E-state index contributed by atoms with van der Waals surface area (Å²) in [4.78, 5) is 62.8. The maximum Gasteiger partial charge on any atom is 0.326 e. The molecule has 0 unspecified atom stereocenters. The van der Waals surface area contributed by atoms with E-state index in [1.807, 2.05) is 0 Å². The Balaban J connectivity index is 2.13. The third-order valence-corrected chi connectivity index (χ3v) is 5.54. The number of amides is 4. The van der Waals surface area contributed by atoms with E-state index in [4.69, 9.17) is 11.2 Å². The Morgan fingerprint density at radius 3 is 2.00 bits per heavy atom. The Morgan fingerprint density at radius 1 is 0.800 bits per heavy atom. The molecule has 2 rings (SSSR count). The molecule has 0 spiro atoms. The van der Waals surface area contributed by atoms with Gasteiger partial charge in [0.1, 0.15) is 17.8 Å². The summed E-state index contributed by atoms with van der Waals surface area (Å²) in [5.41, 5.74) is 6.90. The summed E-state index contributed by atoms with van der Waals surface area (Å²) in [7, 11) is 0. The number of aromatic hydroxyl groups is 1. The highest BCUT2D eigenvalue weighted by Crippen LogP contribution is 2.11. The van der Waals surface area contributed by atoms with Crippen molar-refractivity contribution in [2.45, 2.75) is 51.2 Å². The molecule has 0 fully saturated rings. The number of carboxylic acids is 1. The molecule has 0 aromatic heterocycles. The van der Waals surface area contributed by atoms with Crippen molar-refractivity contribution in [3.05, 3.63) is 65.7 Å². The lowest BCUT2D eigenvalue weighted by Crippen LogP contribution is -2.54. The van der Waals surface area contributed by atoms with Crippen molar-refractivity contribution < 1.29 is 39.7 Å². The van der Waals surface area contributed by atoms with Crippen molar-refractivity contribution in [3.8, 4) is 5.75 Å². The average Bonchev–Trinajstić information content (AvgIpc) is 2.93. The van der Waals surface area contributed by atoms with Crippen LogP contribution in [0.2, 0.25) is 0 Å². The highest BCUT2D eigenvalue weighted by Gasteiger charge is 2.27. The molecule has 0 saturated carbocycles. The zero-order chi connectivity index (χ0) is 33.2. The number of nitrogens with one attached hydrogen (secondary N) is 4. The average molecular weight is 560 g/mol. The summed E-state index contributed by atoms with van der Waals surface area (Å²) >= 11 is 0. The van der Waals surface area contributed by atoms with Gasteiger partial charge in [0.05, 0.1) is 24.5 Å². The third kappa shape index (κ3) is 11.5. The molecule has 40 heavy (non-hydrogen) atoms. The first-order valence-electron chi connectivity index (χ1n) is 14.5. The number of phenolic OH excluding ortho intramolecular Hbond substituents is 1. The maximum atomic E-state index is 13.1. The van der Waals surface area contributed by atoms with Gasteiger partial charge in [-0.25, -0.2) is 4.79 Å². The Morgan fingerprint density at radius 2 is 1.40 bits per heavy atom. The molecular weight excluding hydrogens is 518 g/mol. The zero-order valence-corrected chi connectivity index (χ0v) is 22.1. The van der Waals surface area contributed by atoms with Crippen LogP contribution in [-0.2, 0) is 36.8 Å². The Kier molecular flexibility index (Phi) is 10.2. The van der Waals surface area contributed by atoms with Crippen LogP contribution in [0.1, 0.15) is 36.9 Å². The molecule has 8 N–H and O–H groups in total. The van der Waals surface area contributed by atoms with E-state index >= 15 is 0 Å². The molecule has 0 aliphatic heterocycles. The quantitative estimate of drug-likeness (QED) is 0.156. The van der Waals surface area contributed by atoms with Crippen LogP contribution in [0.4, 0.5) is 0 Å². The molecule has 4 amide bonds. The maximum absolute atomic E-state index is 13.1. The van der Waals surface area contributed by atoms with E-state index in [9.17, 15) is 34.2 Å². The lowest BCUT2D eigenvalue weighted by molar-refractivity contribution is -0.142. The second-order valence-corrected chi connectivity index (χ2v) is 9.42. The molecule has 3 atom stereocenters. The molecule has 2 aromatic rings. The minimum atomic E-state index is -3.28. The van der Waals surface area contributed by atoms with E-state index in [1.165, 1.54) is 24.3 Å². The van der Waals surface area contributed by atoms with Gasteiger partial charge in [0, 0.05) is 6.42 Å². The zero-order valence-electron chi connectivity index (χ0n) is 26.1. The van der Waals surface area contributed by atoms with Crippen molar-refractivity contribution in [1.29, 1.82) is 0 Å². The molecular formula is C28H37N5O7. The monoisotopic (exact) mass is 559 g/mol. The van der Waals surface area contributed by atoms with Crippen molar-refractivity contribution in [1.82, 2.24) is 21.3 Å². The largest absolute Gasteiger partial charge is 0.508 e. The van der Waals surface area contributed by atoms with Crippen molar-refractivity contribution in [2.24, 2.45) is 11.7 Å². The molecule has 0 heterocycles. The van der Waals surface area contributed by atoms with Crippen LogP contribution in [0.15, 0.2) is 54.6 Å². The number of aliphatic carboxylic acids is 1. The van der Waals surface area contributed by atoms with E-state index < -0.39 is 60.7 Å². The Labute approximate surface area is 238 Å². The van der Waals surface area contributed by atoms with Crippen molar-refractivity contribution in [2.75, 3.05) is 13.0 Å². The Hall–Kier alpha value is -4.45. The van der Waals surface area contributed by atoms with Gasteiger partial charge < -0.3 is 37.2 Å². The van der Waals surface area contributed by atoms with E-state index in [-0.39, 0.29) is 30.9 Å². The highest BCUT2D eigenvalue weighted by atomic mass is 16.4. The van der Waals surface area contributed by atoms with Gasteiger partial charge in [-0.15, -0.1) is 0 Å². The smallest absolute Gasteiger partial charge is 0.326 e. The van der Waals surface area contributed by atoms with Gasteiger partial charge in [0.2, 0.25) is 23.6 Å². The van der Waals surface area contributed by atoms with Crippen LogP contribution in [0.5, 0.6) is 5.75 Å². The summed E-state index contributed by atoms with van der Waals surface area (Å²) in [6.45, 7) is -2.97. The first kappa shape index (κ1) is 25.8. The predicted molar refractivity (Wildman–Crippen MR) is 147 cm³/mol. The van der Waals surface area contributed by atoms with Crippen molar-refractivity contribution in [3.63, 3.8) is 0 Å². The first-order chi connectivity index (χ1) is 20.4. The molecule has 216 valence electrons. The SMILES string of the molecule is [2H]C([2H])(NC(=O)[C@@H](N)Cc1ccc(O)cc1)C(=O)NC([2H])([2H])C(=O)N[C@@H](Cc1ccccc1)C(=O)N[C@@H](CC(C)C)C(=O)O. The number of carbonyl (C=O) groups is 5. The van der Waals surface area contributed by atoms with E-state index in [0.717, 1.165) is 0 Å². The van der Waals surface area contributed by atoms with Crippen LogP contribution in [0, 0.1) is 5.92 Å². The number of carbonyl (C=O) groups excluding carboxylic acids is 4. The predicted octanol–water partition coefficient (Wildman–Crippen LogP) is -0.163. The summed E-state index contributed by atoms with van der Waals surface area (Å²) in [5.74, 6) is -6.65. The Bertz CT molecular complexity index is 1330. The van der Waals surface area contributed by atoms with Gasteiger partial charge in [-0.2, -0.15) is 0 Å². The molecule has 12 nitrogen and oxygen atoms in total.